The molecule has 96 valence electrons. The Bertz CT molecular complexity index is 464. The molecule has 1 aromatic heterocycles. The lowest BCUT2D eigenvalue weighted by molar-refractivity contribution is 0.148. The van der Waals surface area contributed by atoms with Crippen LogP contribution in [0.5, 0.6) is 0 Å². The quantitative estimate of drug-likeness (QED) is 0.800. The van der Waals surface area contributed by atoms with Gasteiger partial charge in [-0.15, -0.1) is 22.9 Å². The summed E-state index contributed by atoms with van der Waals surface area (Å²) in [5, 5.41) is 0. The number of halogens is 1. The highest BCUT2D eigenvalue weighted by Crippen LogP contribution is 2.26. The largest absolute Gasteiger partial charge is 0.380 e. The lowest BCUT2D eigenvalue weighted by Gasteiger charge is -2.17. The first kappa shape index (κ1) is 13.3. The van der Waals surface area contributed by atoms with Gasteiger partial charge in [-0.25, -0.2) is 8.42 Å². The molecule has 2 heterocycles. The third kappa shape index (κ3) is 3.00. The van der Waals surface area contributed by atoms with E-state index in [1.165, 1.54) is 15.6 Å². The van der Waals surface area contributed by atoms with E-state index in [1.54, 1.807) is 12.1 Å². The van der Waals surface area contributed by atoms with Crippen LogP contribution in [0.15, 0.2) is 16.3 Å². The van der Waals surface area contributed by atoms with Crippen molar-refractivity contribution in [2.24, 2.45) is 0 Å². The zero-order valence-electron chi connectivity index (χ0n) is 9.26. The fourth-order valence-electron chi connectivity index (χ4n) is 1.66. The Morgan fingerprint density at radius 3 is 2.88 bits per heavy atom. The summed E-state index contributed by atoms with van der Waals surface area (Å²) >= 11 is 6.92. The molecule has 4 nitrogen and oxygen atoms in total. The van der Waals surface area contributed by atoms with Crippen LogP contribution in [-0.2, 0) is 20.6 Å². The summed E-state index contributed by atoms with van der Waals surface area (Å²) in [6.07, 6.45) is 0.743. The molecule has 0 saturated carbocycles. The molecular formula is C10H14ClNO3S2. The van der Waals surface area contributed by atoms with E-state index in [2.05, 4.69) is 0 Å². The van der Waals surface area contributed by atoms with Crippen LogP contribution < -0.4 is 0 Å². The highest BCUT2D eigenvalue weighted by atomic mass is 35.5. The van der Waals surface area contributed by atoms with E-state index in [0.717, 1.165) is 11.3 Å². The van der Waals surface area contributed by atoms with Gasteiger partial charge in [-0.2, -0.15) is 4.31 Å². The number of thiophene rings is 1. The maximum atomic E-state index is 12.3. The van der Waals surface area contributed by atoms with Crippen LogP contribution in [-0.4, -0.2) is 39.0 Å². The second-order valence-corrected chi connectivity index (χ2v) is 7.32. The summed E-state index contributed by atoms with van der Waals surface area (Å²) < 4.78 is 31.7. The van der Waals surface area contributed by atoms with Crippen molar-refractivity contribution in [3.05, 3.63) is 17.0 Å². The minimum atomic E-state index is -3.36. The Morgan fingerprint density at radius 1 is 1.35 bits per heavy atom. The first-order valence-corrected chi connectivity index (χ1v) is 8.16. The number of nitrogens with zero attached hydrogens (tertiary/aromatic N) is 1. The maximum absolute atomic E-state index is 12.3. The number of sulfonamides is 1. The molecule has 1 aromatic rings. The summed E-state index contributed by atoms with van der Waals surface area (Å²) in [5.41, 5.74) is 0. The second kappa shape index (κ2) is 5.67. The summed E-state index contributed by atoms with van der Waals surface area (Å²) in [4.78, 5) is 0.872. The molecule has 7 heteroatoms. The van der Waals surface area contributed by atoms with Gasteiger partial charge in [-0.3, -0.25) is 0 Å². The van der Waals surface area contributed by atoms with Crippen molar-refractivity contribution in [3.63, 3.8) is 0 Å². The van der Waals surface area contributed by atoms with Crippen molar-refractivity contribution in [1.82, 2.24) is 4.31 Å². The molecule has 2 rings (SSSR count). The summed E-state index contributed by atoms with van der Waals surface area (Å²) in [6, 6.07) is 3.39. The average molecular weight is 296 g/mol. The third-order valence-electron chi connectivity index (χ3n) is 2.54. The summed E-state index contributed by atoms with van der Waals surface area (Å²) in [7, 11) is -3.36. The molecule has 1 saturated heterocycles. The standard InChI is InChI=1S/C10H14ClNO3S2/c11-8-9-2-3-10(16-9)17(13,14)12-4-1-6-15-7-5-12/h2-3H,1,4-8H2. The summed E-state index contributed by atoms with van der Waals surface area (Å²) in [5.74, 6) is 0.350. The van der Waals surface area contributed by atoms with Crippen molar-refractivity contribution in [2.45, 2.75) is 16.5 Å². The van der Waals surface area contributed by atoms with Crippen LogP contribution in [0.1, 0.15) is 11.3 Å². The monoisotopic (exact) mass is 295 g/mol. The van der Waals surface area contributed by atoms with E-state index in [-0.39, 0.29) is 0 Å². The van der Waals surface area contributed by atoms with E-state index < -0.39 is 10.0 Å². The molecule has 17 heavy (non-hydrogen) atoms. The molecule has 0 aromatic carbocycles. The Kier molecular flexibility index (Phi) is 4.43. The molecule has 0 amide bonds. The molecule has 0 aliphatic carbocycles. The van der Waals surface area contributed by atoms with Crippen molar-refractivity contribution in [2.75, 3.05) is 26.3 Å². The van der Waals surface area contributed by atoms with Crippen LogP contribution in [0.25, 0.3) is 0 Å². The fourth-order valence-corrected chi connectivity index (χ4v) is 4.73. The van der Waals surface area contributed by atoms with Crippen LogP contribution >= 0.6 is 22.9 Å². The van der Waals surface area contributed by atoms with E-state index in [1.807, 2.05) is 0 Å². The van der Waals surface area contributed by atoms with Crippen molar-refractivity contribution in [3.8, 4) is 0 Å². The Hall–Kier alpha value is -0.140. The van der Waals surface area contributed by atoms with Gasteiger partial charge in [0.1, 0.15) is 4.21 Å². The molecule has 0 unspecified atom stereocenters. The van der Waals surface area contributed by atoms with Crippen LogP contribution in [0, 0.1) is 0 Å². The molecule has 0 N–H and O–H groups in total. The minimum absolute atomic E-state index is 0.350. The topological polar surface area (TPSA) is 46.6 Å². The maximum Gasteiger partial charge on any atom is 0.252 e. The van der Waals surface area contributed by atoms with E-state index in [4.69, 9.17) is 16.3 Å². The summed E-state index contributed by atoms with van der Waals surface area (Å²) in [6.45, 7) is 2.04. The Balaban J connectivity index is 2.22. The van der Waals surface area contributed by atoms with Crippen molar-refractivity contribution in [1.29, 1.82) is 0 Å². The van der Waals surface area contributed by atoms with Crippen molar-refractivity contribution < 1.29 is 13.2 Å². The smallest absolute Gasteiger partial charge is 0.252 e. The van der Waals surface area contributed by atoms with Gasteiger partial charge in [-0.1, -0.05) is 0 Å². The van der Waals surface area contributed by atoms with Gasteiger partial charge >= 0.3 is 0 Å². The molecule has 1 aliphatic heterocycles. The zero-order chi connectivity index (χ0) is 12.3. The SMILES string of the molecule is O=S(=O)(c1ccc(CCl)s1)N1CCCOCC1. The molecular weight excluding hydrogens is 282 g/mol. The Morgan fingerprint density at radius 2 is 2.18 bits per heavy atom. The second-order valence-electron chi connectivity index (χ2n) is 3.72. The number of rotatable bonds is 3. The highest BCUT2D eigenvalue weighted by molar-refractivity contribution is 7.91. The molecule has 1 aliphatic rings. The molecule has 0 atom stereocenters. The van der Waals surface area contributed by atoms with Gasteiger partial charge in [-0.05, 0) is 18.6 Å². The first-order valence-electron chi connectivity index (χ1n) is 5.37. The number of alkyl halides is 1. The first-order chi connectivity index (χ1) is 8.14. The third-order valence-corrected chi connectivity index (χ3v) is 6.44. The zero-order valence-corrected chi connectivity index (χ0v) is 11.7. The van der Waals surface area contributed by atoms with Crippen molar-refractivity contribution >= 4 is 33.0 Å². The van der Waals surface area contributed by atoms with E-state index in [9.17, 15) is 8.42 Å². The lowest BCUT2D eigenvalue weighted by Crippen LogP contribution is -2.32. The van der Waals surface area contributed by atoms with Crippen LogP contribution in [0.3, 0.4) is 0 Å². The Labute approximate surface area is 110 Å². The van der Waals surface area contributed by atoms with Gasteiger partial charge in [0.15, 0.2) is 0 Å². The molecule has 0 spiro atoms. The van der Waals surface area contributed by atoms with Gasteiger partial charge < -0.3 is 4.74 Å². The number of ether oxygens (including phenoxy) is 1. The van der Waals surface area contributed by atoms with Gasteiger partial charge in [0, 0.05) is 24.6 Å². The predicted molar refractivity (Wildman–Crippen MR) is 68.1 cm³/mol. The fraction of sp³-hybridized carbons (Fsp3) is 0.600. The van der Waals surface area contributed by atoms with Gasteiger partial charge in [0.25, 0.3) is 10.0 Å². The van der Waals surface area contributed by atoms with E-state index in [0.29, 0.717) is 36.4 Å². The predicted octanol–water partition coefficient (Wildman–Crippen LogP) is 1.90. The number of hydrogen-bond donors (Lipinski definition) is 0. The lowest BCUT2D eigenvalue weighted by atomic mass is 10.5. The molecule has 0 radical (unpaired) electrons. The van der Waals surface area contributed by atoms with Crippen LogP contribution in [0.2, 0.25) is 0 Å². The number of hydrogen-bond acceptors (Lipinski definition) is 4. The van der Waals surface area contributed by atoms with Gasteiger partial charge in [0.05, 0.1) is 12.5 Å². The minimum Gasteiger partial charge on any atom is -0.380 e. The normalized spacial score (nSPS) is 19.1. The van der Waals surface area contributed by atoms with Crippen LogP contribution in [0.4, 0.5) is 0 Å². The van der Waals surface area contributed by atoms with Gasteiger partial charge in [0.2, 0.25) is 0 Å². The highest BCUT2D eigenvalue weighted by Gasteiger charge is 2.26. The van der Waals surface area contributed by atoms with E-state index >= 15 is 0 Å². The molecule has 1 fully saturated rings. The molecule has 0 bridgehead atoms. The average Bonchev–Trinajstić information content (AvgIpc) is 2.64.